The van der Waals surface area contributed by atoms with Gasteiger partial charge >= 0.3 is 0 Å². The number of pyridine rings is 1. The van der Waals surface area contributed by atoms with Gasteiger partial charge in [-0.3, -0.25) is 9.78 Å². The number of halogens is 1. The number of para-hydroxylation sites is 1. The maximum Gasteiger partial charge on any atom is 0.155 e. The molecule has 0 saturated heterocycles. The third kappa shape index (κ3) is 2.38. The molecule has 4 nitrogen and oxygen atoms in total. The molecular weight excluding hydrogens is 274 g/mol. The van der Waals surface area contributed by atoms with E-state index in [2.05, 4.69) is 15.0 Å². The Morgan fingerprint density at radius 1 is 1.10 bits per heavy atom. The van der Waals surface area contributed by atoms with Gasteiger partial charge in [-0.25, -0.2) is 9.97 Å². The summed E-state index contributed by atoms with van der Waals surface area (Å²) in [5.41, 5.74) is 2.66. The van der Waals surface area contributed by atoms with Crippen LogP contribution in [0.1, 0.15) is 21.7 Å². The molecule has 0 aliphatic carbocycles. The summed E-state index contributed by atoms with van der Waals surface area (Å²) in [5.74, 6) is 0. The van der Waals surface area contributed by atoms with Crippen molar-refractivity contribution in [1.29, 1.82) is 0 Å². The predicted octanol–water partition coefficient (Wildman–Crippen LogP) is 3.08. The highest BCUT2D eigenvalue weighted by atomic mass is 35.5. The lowest BCUT2D eigenvalue weighted by Gasteiger charge is -2.05. The van der Waals surface area contributed by atoms with Gasteiger partial charge in [-0.15, -0.1) is 0 Å². The number of nitrogens with zero attached hydrogens (tertiary/aromatic N) is 3. The van der Waals surface area contributed by atoms with Crippen LogP contribution in [0.15, 0.2) is 42.7 Å². The van der Waals surface area contributed by atoms with Crippen LogP contribution in [0.4, 0.5) is 0 Å². The summed E-state index contributed by atoms with van der Waals surface area (Å²) < 4.78 is 0. The number of carbonyl (C=O) groups is 1. The van der Waals surface area contributed by atoms with Crippen molar-refractivity contribution in [1.82, 2.24) is 15.0 Å². The fraction of sp³-hybridized carbons (Fsp3) is 0.0667. The molecule has 2 heterocycles. The molecule has 0 bridgehead atoms. The average molecular weight is 284 g/mol. The van der Waals surface area contributed by atoms with Gasteiger partial charge in [0, 0.05) is 17.5 Å². The molecule has 20 heavy (non-hydrogen) atoms. The predicted molar refractivity (Wildman–Crippen MR) is 77.0 cm³/mol. The first kappa shape index (κ1) is 12.7. The monoisotopic (exact) mass is 283 g/mol. The number of benzene rings is 1. The maximum atomic E-state index is 11.1. The number of hydrogen-bond donors (Lipinski definition) is 0. The Bertz CT molecular complexity index is 789. The Kier molecular flexibility index (Phi) is 3.39. The first-order chi connectivity index (χ1) is 9.78. The lowest BCUT2D eigenvalue weighted by atomic mass is 10.1. The minimum absolute atomic E-state index is 0.172. The van der Waals surface area contributed by atoms with E-state index in [0.717, 1.165) is 16.6 Å². The second-order valence-electron chi connectivity index (χ2n) is 4.31. The van der Waals surface area contributed by atoms with Gasteiger partial charge in [-0.2, -0.15) is 0 Å². The Labute approximate surface area is 120 Å². The zero-order valence-corrected chi connectivity index (χ0v) is 11.2. The quantitative estimate of drug-likeness (QED) is 0.547. The van der Waals surface area contributed by atoms with Crippen LogP contribution in [0.3, 0.4) is 0 Å². The van der Waals surface area contributed by atoms with Crippen LogP contribution in [0.2, 0.25) is 5.15 Å². The van der Waals surface area contributed by atoms with Crippen molar-refractivity contribution >= 4 is 28.8 Å². The van der Waals surface area contributed by atoms with Crippen molar-refractivity contribution < 1.29 is 4.79 Å². The SMILES string of the molecule is O=Cc1c(Cl)ncnc1Cc1ccc2ccccc2n1. The maximum absolute atomic E-state index is 11.1. The summed E-state index contributed by atoms with van der Waals surface area (Å²) in [4.78, 5) is 23.5. The molecule has 3 aromatic rings. The molecule has 0 fully saturated rings. The standard InChI is InChI=1S/C15H10ClN3O/c16-15-12(8-20)14(17-9-18-15)7-11-6-5-10-3-1-2-4-13(10)19-11/h1-6,8-9H,7H2. The van der Waals surface area contributed by atoms with Gasteiger partial charge < -0.3 is 0 Å². The molecule has 0 aliphatic heterocycles. The van der Waals surface area contributed by atoms with E-state index in [0.29, 0.717) is 24.0 Å². The fourth-order valence-corrected chi connectivity index (χ4v) is 2.24. The fourth-order valence-electron chi connectivity index (χ4n) is 2.04. The van der Waals surface area contributed by atoms with E-state index in [-0.39, 0.29) is 5.15 Å². The third-order valence-electron chi connectivity index (χ3n) is 3.04. The minimum Gasteiger partial charge on any atom is -0.298 e. The van der Waals surface area contributed by atoms with Crippen LogP contribution >= 0.6 is 11.6 Å². The van der Waals surface area contributed by atoms with Crippen LogP contribution < -0.4 is 0 Å². The minimum atomic E-state index is 0.172. The van der Waals surface area contributed by atoms with Gasteiger partial charge in [-0.1, -0.05) is 35.9 Å². The molecule has 2 aromatic heterocycles. The number of aromatic nitrogens is 3. The van der Waals surface area contributed by atoms with E-state index in [1.165, 1.54) is 6.33 Å². The number of rotatable bonds is 3. The molecule has 0 N–H and O–H groups in total. The molecule has 0 saturated carbocycles. The van der Waals surface area contributed by atoms with E-state index >= 15 is 0 Å². The van der Waals surface area contributed by atoms with Gasteiger partial charge in [0.1, 0.15) is 11.5 Å². The number of hydrogen-bond acceptors (Lipinski definition) is 4. The molecule has 0 unspecified atom stereocenters. The Hall–Kier alpha value is -2.33. The van der Waals surface area contributed by atoms with E-state index in [1.54, 1.807) is 0 Å². The molecule has 1 aromatic carbocycles. The number of fused-ring (bicyclic) bond motifs is 1. The van der Waals surface area contributed by atoms with Crippen molar-refractivity contribution in [2.24, 2.45) is 0 Å². The van der Waals surface area contributed by atoms with Crippen LogP contribution in [0, 0.1) is 0 Å². The molecule has 0 amide bonds. The summed E-state index contributed by atoms with van der Waals surface area (Å²) in [6.07, 6.45) is 2.48. The molecule has 5 heteroatoms. The van der Waals surface area contributed by atoms with Gasteiger partial charge in [0.25, 0.3) is 0 Å². The first-order valence-electron chi connectivity index (χ1n) is 6.07. The van der Waals surface area contributed by atoms with Crippen LogP contribution in [0.5, 0.6) is 0 Å². The van der Waals surface area contributed by atoms with Crippen LogP contribution in [0.25, 0.3) is 10.9 Å². The van der Waals surface area contributed by atoms with Crippen molar-refractivity contribution in [3.05, 3.63) is 64.8 Å². The molecule has 0 aliphatic rings. The highest BCUT2D eigenvalue weighted by Gasteiger charge is 2.10. The summed E-state index contributed by atoms with van der Waals surface area (Å²) in [6, 6.07) is 11.8. The molecule has 0 radical (unpaired) electrons. The van der Waals surface area contributed by atoms with Crippen molar-refractivity contribution in [2.75, 3.05) is 0 Å². The number of carbonyl (C=O) groups excluding carboxylic acids is 1. The van der Waals surface area contributed by atoms with Crippen molar-refractivity contribution in [3.63, 3.8) is 0 Å². The third-order valence-corrected chi connectivity index (χ3v) is 3.34. The zero-order chi connectivity index (χ0) is 13.9. The molecule has 0 spiro atoms. The second kappa shape index (κ2) is 5.35. The highest BCUT2D eigenvalue weighted by Crippen LogP contribution is 2.18. The van der Waals surface area contributed by atoms with Crippen molar-refractivity contribution in [3.8, 4) is 0 Å². The normalized spacial score (nSPS) is 10.7. The topological polar surface area (TPSA) is 55.7 Å². The summed E-state index contributed by atoms with van der Waals surface area (Å²) in [5, 5.41) is 1.25. The average Bonchev–Trinajstić information content (AvgIpc) is 2.47. The number of aldehydes is 1. The zero-order valence-electron chi connectivity index (χ0n) is 10.5. The van der Waals surface area contributed by atoms with Gasteiger partial charge in [0.05, 0.1) is 16.8 Å². The van der Waals surface area contributed by atoms with E-state index in [4.69, 9.17) is 11.6 Å². The Morgan fingerprint density at radius 2 is 1.95 bits per heavy atom. The molecule has 0 atom stereocenters. The Balaban J connectivity index is 2.01. The lowest BCUT2D eigenvalue weighted by Crippen LogP contribution is -2.02. The summed E-state index contributed by atoms with van der Waals surface area (Å²) in [7, 11) is 0. The smallest absolute Gasteiger partial charge is 0.155 e. The van der Waals surface area contributed by atoms with Crippen LogP contribution in [-0.4, -0.2) is 21.2 Å². The largest absolute Gasteiger partial charge is 0.298 e. The van der Waals surface area contributed by atoms with Crippen molar-refractivity contribution in [2.45, 2.75) is 6.42 Å². The van der Waals surface area contributed by atoms with Gasteiger partial charge in [0.15, 0.2) is 6.29 Å². The van der Waals surface area contributed by atoms with Gasteiger partial charge in [0.2, 0.25) is 0 Å². The van der Waals surface area contributed by atoms with E-state index in [1.807, 2.05) is 36.4 Å². The molecule has 98 valence electrons. The highest BCUT2D eigenvalue weighted by molar-refractivity contribution is 6.31. The van der Waals surface area contributed by atoms with Crippen LogP contribution in [-0.2, 0) is 6.42 Å². The van der Waals surface area contributed by atoms with Gasteiger partial charge in [-0.05, 0) is 12.1 Å². The summed E-state index contributed by atoms with van der Waals surface area (Å²) >= 11 is 5.89. The lowest BCUT2D eigenvalue weighted by molar-refractivity contribution is 0.112. The first-order valence-corrected chi connectivity index (χ1v) is 6.45. The molecular formula is C15H10ClN3O. The van der Waals surface area contributed by atoms with E-state index < -0.39 is 0 Å². The van der Waals surface area contributed by atoms with E-state index in [9.17, 15) is 4.79 Å². The molecule has 3 rings (SSSR count). The second-order valence-corrected chi connectivity index (χ2v) is 4.67. The summed E-state index contributed by atoms with van der Waals surface area (Å²) in [6.45, 7) is 0. The Morgan fingerprint density at radius 3 is 2.80 bits per heavy atom.